The average Bonchev–Trinajstić information content (AvgIpc) is 3.25. The number of fused-ring (bicyclic) bond motifs is 1. The van der Waals surface area contributed by atoms with Crippen molar-refractivity contribution >= 4 is 33.2 Å². The molecular weight excluding hydrogens is 575 g/mol. The molecule has 1 atom stereocenters. The highest BCUT2D eigenvalue weighted by molar-refractivity contribution is 9.10. The van der Waals surface area contributed by atoms with Crippen LogP contribution in [0.3, 0.4) is 0 Å². The largest absolute Gasteiger partial charge is 0.497 e. The summed E-state index contributed by atoms with van der Waals surface area (Å²) in [4.78, 5) is 8.47. The number of hydrogen-bond donors (Lipinski definition) is 3. The van der Waals surface area contributed by atoms with Gasteiger partial charge in [-0.05, 0) is 72.4 Å². The van der Waals surface area contributed by atoms with Crippen molar-refractivity contribution in [3.05, 3.63) is 64.4 Å². The second-order valence-corrected chi connectivity index (χ2v) is 11.1. The molecule has 1 saturated heterocycles. The topological polar surface area (TPSA) is 88.4 Å². The van der Waals surface area contributed by atoms with E-state index in [4.69, 9.17) is 4.74 Å². The number of hydrogen-bond acceptors (Lipinski definition) is 7. The smallest absolute Gasteiger partial charge is 0.420 e. The van der Waals surface area contributed by atoms with Gasteiger partial charge >= 0.3 is 6.18 Å². The second kappa shape index (κ2) is 10.6. The Hall–Kier alpha value is -3.38. The molecule has 5 rings (SSSR count). The molecule has 0 unspecified atom stereocenters. The number of alkyl halides is 3. The van der Waals surface area contributed by atoms with E-state index in [-0.39, 0.29) is 34.6 Å². The number of nitrogens with one attached hydrogen (secondary N) is 3. The zero-order valence-corrected chi connectivity index (χ0v) is 23.3. The highest BCUT2D eigenvalue weighted by atomic mass is 79.9. The number of anilines is 2. The van der Waals surface area contributed by atoms with Crippen LogP contribution in [0.1, 0.15) is 37.8 Å². The van der Waals surface area contributed by atoms with Crippen LogP contribution in [0.2, 0.25) is 0 Å². The lowest BCUT2D eigenvalue weighted by Crippen LogP contribution is -2.50. The molecule has 4 heterocycles. The summed E-state index contributed by atoms with van der Waals surface area (Å²) >= 11 is 3.42. The lowest BCUT2D eigenvalue weighted by molar-refractivity contribution is -0.137. The van der Waals surface area contributed by atoms with Crippen LogP contribution in [-0.2, 0) is 12.7 Å². The standard InChI is InChI=1S/C27H29BrF3N7O/c1-26(2)11-10-18(13-34-26)35-25-33-14-20(27(29,30)31)23(36-25)22-21-9-6-17(28)15-38(21)37-24(22)32-12-16-4-7-19(39-3)8-5-16/h4-9,14-15,18,34H,10-13H2,1-3H3,(H,32,37)(H,33,35,36)/t18-/m0/s1. The van der Waals surface area contributed by atoms with E-state index in [2.05, 4.69) is 60.8 Å². The van der Waals surface area contributed by atoms with E-state index in [0.717, 1.165) is 29.1 Å². The first kappa shape index (κ1) is 27.2. The average molecular weight is 604 g/mol. The molecule has 1 aliphatic rings. The molecule has 3 aromatic heterocycles. The van der Waals surface area contributed by atoms with Crippen molar-refractivity contribution in [1.29, 1.82) is 0 Å². The Balaban J connectivity index is 1.55. The Bertz CT molecular complexity index is 1460. The number of rotatable bonds is 7. The number of pyridine rings is 1. The Labute approximate surface area is 232 Å². The minimum Gasteiger partial charge on any atom is -0.497 e. The minimum absolute atomic E-state index is 0.00450. The number of piperidine rings is 1. The molecule has 206 valence electrons. The van der Waals surface area contributed by atoms with Gasteiger partial charge < -0.3 is 20.7 Å². The van der Waals surface area contributed by atoms with E-state index in [1.54, 1.807) is 25.4 Å². The molecule has 0 saturated carbocycles. The summed E-state index contributed by atoms with van der Waals surface area (Å²) in [6.07, 6.45) is -0.359. The molecule has 0 radical (unpaired) electrons. The first-order valence-electron chi connectivity index (χ1n) is 12.5. The summed E-state index contributed by atoms with van der Waals surface area (Å²) in [6.45, 7) is 5.25. The van der Waals surface area contributed by atoms with Gasteiger partial charge in [0.1, 0.15) is 11.3 Å². The third-order valence-corrected chi connectivity index (χ3v) is 7.29. The van der Waals surface area contributed by atoms with Crippen LogP contribution in [-0.4, -0.2) is 44.8 Å². The minimum atomic E-state index is -4.67. The van der Waals surface area contributed by atoms with E-state index in [9.17, 15) is 13.2 Å². The van der Waals surface area contributed by atoms with Crippen molar-refractivity contribution in [1.82, 2.24) is 24.9 Å². The predicted molar refractivity (Wildman–Crippen MR) is 148 cm³/mol. The van der Waals surface area contributed by atoms with Gasteiger partial charge in [0.2, 0.25) is 5.95 Å². The Morgan fingerprint density at radius 3 is 2.62 bits per heavy atom. The predicted octanol–water partition coefficient (Wildman–Crippen LogP) is 6.14. The third kappa shape index (κ3) is 6.11. The molecule has 12 heteroatoms. The summed E-state index contributed by atoms with van der Waals surface area (Å²) in [7, 11) is 1.59. The zero-order chi connectivity index (χ0) is 27.8. The maximum absolute atomic E-state index is 14.3. The van der Waals surface area contributed by atoms with Gasteiger partial charge in [-0.25, -0.2) is 14.5 Å². The highest BCUT2D eigenvalue weighted by Gasteiger charge is 2.37. The number of methoxy groups -OCH3 is 1. The summed E-state index contributed by atoms with van der Waals surface area (Å²) in [5, 5.41) is 14.5. The Morgan fingerprint density at radius 1 is 1.18 bits per heavy atom. The fourth-order valence-corrected chi connectivity index (χ4v) is 4.92. The molecule has 0 bridgehead atoms. The number of halogens is 4. The molecule has 1 fully saturated rings. The molecule has 0 amide bonds. The zero-order valence-electron chi connectivity index (χ0n) is 21.7. The van der Waals surface area contributed by atoms with Crippen molar-refractivity contribution in [3.63, 3.8) is 0 Å². The fraction of sp³-hybridized carbons (Fsp3) is 0.370. The highest BCUT2D eigenvalue weighted by Crippen LogP contribution is 2.41. The lowest BCUT2D eigenvalue weighted by atomic mass is 9.91. The van der Waals surface area contributed by atoms with Gasteiger partial charge in [0, 0.05) is 41.5 Å². The third-order valence-electron chi connectivity index (χ3n) is 6.82. The van der Waals surface area contributed by atoms with Gasteiger partial charge in [-0.3, -0.25) is 0 Å². The van der Waals surface area contributed by atoms with E-state index < -0.39 is 11.7 Å². The molecule has 4 aromatic rings. The van der Waals surface area contributed by atoms with Gasteiger partial charge in [-0.1, -0.05) is 12.1 Å². The van der Waals surface area contributed by atoms with Gasteiger partial charge in [-0.15, -0.1) is 5.10 Å². The van der Waals surface area contributed by atoms with Crippen molar-refractivity contribution in [2.75, 3.05) is 24.3 Å². The normalized spacial score (nSPS) is 17.3. The SMILES string of the molecule is COc1ccc(CNc2nn3cc(Br)ccc3c2-c2nc(N[C@H]3CCC(C)(C)NC3)ncc2C(F)(F)F)cc1. The van der Waals surface area contributed by atoms with Crippen LogP contribution in [0.4, 0.5) is 24.9 Å². The van der Waals surface area contributed by atoms with Crippen molar-refractivity contribution < 1.29 is 17.9 Å². The van der Waals surface area contributed by atoms with E-state index in [1.807, 2.05) is 24.3 Å². The second-order valence-electron chi connectivity index (χ2n) is 10.2. The van der Waals surface area contributed by atoms with Crippen molar-refractivity contribution in [2.24, 2.45) is 0 Å². The fourth-order valence-electron chi connectivity index (χ4n) is 4.59. The summed E-state index contributed by atoms with van der Waals surface area (Å²) in [5.41, 5.74) is 0.484. The molecule has 39 heavy (non-hydrogen) atoms. The van der Waals surface area contributed by atoms with E-state index in [1.165, 1.54) is 4.52 Å². The molecule has 3 N–H and O–H groups in total. The van der Waals surface area contributed by atoms with E-state index in [0.29, 0.717) is 24.4 Å². The molecule has 0 spiro atoms. The van der Waals surface area contributed by atoms with Crippen LogP contribution in [0.15, 0.2) is 53.3 Å². The number of nitrogens with zero attached hydrogens (tertiary/aromatic N) is 4. The maximum Gasteiger partial charge on any atom is 0.420 e. The summed E-state index contributed by atoms with van der Waals surface area (Å²) in [5.74, 6) is 1.13. The summed E-state index contributed by atoms with van der Waals surface area (Å²) in [6, 6.07) is 10.9. The Kier molecular flexibility index (Phi) is 7.43. The first-order valence-corrected chi connectivity index (χ1v) is 13.3. The van der Waals surface area contributed by atoms with E-state index >= 15 is 0 Å². The van der Waals surface area contributed by atoms with Gasteiger partial charge in [0.25, 0.3) is 0 Å². The first-order chi connectivity index (χ1) is 18.5. The van der Waals surface area contributed by atoms with Crippen molar-refractivity contribution in [3.8, 4) is 17.0 Å². The summed E-state index contributed by atoms with van der Waals surface area (Å²) < 4.78 is 50.3. The maximum atomic E-state index is 14.3. The quantitative estimate of drug-likeness (QED) is 0.234. The lowest BCUT2D eigenvalue weighted by Gasteiger charge is -2.36. The molecular formula is C27H29BrF3N7O. The monoisotopic (exact) mass is 603 g/mol. The number of ether oxygens (including phenoxy) is 1. The molecule has 8 nitrogen and oxygen atoms in total. The molecule has 0 aliphatic carbocycles. The Morgan fingerprint density at radius 2 is 1.95 bits per heavy atom. The number of benzene rings is 1. The molecule has 1 aromatic carbocycles. The van der Waals surface area contributed by atoms with Crippen LogP contribution in [0.5, 0.6) is 5.75 Å². The van der Waals surface area contributed by atoms with Gasteiger partial charge in [-0.2, -0.15) is 13.2 Å². The van der Waals surface area contributed by atoms with Gasteiger partial charge in [0.05, 0.1) is 23.9 Å². The van der Waals surface area contributed by atoms with Crippen LogP contribution in [0.25, 0.3) is 16.8 Å². The number of aromatic nitrogens is 4. The molecule has 1 aliphatic heterocycles. The van der Waals surface area contributed by atoms with Crippen LogP contribution in [0, 0.1) is 0 Å². The van der Waals surface area contributed by atoms with Crippen LogP contribution >= 0.6 is 15.9 Å². The van der Waals surface area contributed by atoms with Gasteiger partial charge in [0.15, 0.2) is 5.82 Å². The van der Waals surface area contributed by atoms with Crippen molar-refractivity contribution in [2.45, 2.75) is 51.0 Å². The van der Waals surface area contributed by atoms with Crippen LogP contribution < -0.4 is 20.7 Å².